The third-order valence-corrected chi connectivity index (χ3v) is 2.26. The smallest absolute Gasteiger partial charge is 0.0216 e. The standard InChI is InChI=1S/C12H16.C2H6/c1-5-11-7-6-8-12(9(2)3)10(11)4;1-2/h5-9H,1H2,2-4H3;1-2H3. The Morgan fingerprint density at radius 1 is 1.21 bits per heavy atom. The third kappa shape index (κ3) is 3.02. The maximum Gasteiger partial charge on any atom is -0.0216 e. The molecule has 1 rings (SSSR count). The van der Waals surface area contributed by atoms with Crippen molar-refractivity contribution in [2.75, 3.05) is 0 Å². The summed E-state index contributed by atoms with van der Waals surface area (Å²) in [7, 11) is 0. The van der Waals surface area contributed by atoms with Crippen LogP contribution in [0.4, 0.5) is 0 Å². The summed E-state index contributed by atoms with van der Waals surface area (Å²) in [5.74, 6) is 0.602. The molecule has 0 saturated carbocycles. The van der Waals surface area contributed by atoms with E-state index < -0.39 is 0 Å². The zero-order valence-electron chi connectivity index (χ0n) is 10.1. The zero-order chi connectivity index (χ0) is 11.1. The first-order valence-corrected chi connectivity index (χ1v) is 5.38. The van der Waals surface area contributed by atoms with Gasteiger partial charge >= 0.3 is 0 Å². The van der Waals surface area contributed by atoms with Crippen LogP contribution in [0.15, 0.2) is 24.8 Å². The Hall–Kier alpha value is -1.04. The predicted octanol–water partition coefficient (Wildman–Crippen LogP) is 4.79. The summed E-state index contributed by atoms with van der Waals surface area (Å²) in [6.45, 7) is 14.4. The molecular weight excluding hydrogens is 168 g/mol. The minimum absolute atomic E-state index is 0.602. The molecule has 1 aromatic rings. The highest BCUT2D eigenvalue weighted by atomic mass is 14.1. The largest absolute Gasteiger partial charge is 0.0985 e. The number of hydrogen-bond acceptors (Lipinski definition) is 0. The maximum absolute atomic E-state index is 3.79. The van der Waals surface area contributed by atoms with Crippen molar-refractivity contribution in [3.8, 4) is 0 Å². The molecule has 0 aliphatic carbocycles. The van der Waals surface area contributed by atoms with E-state index in [9.17, 15) is 0 Å². The Bertz CT molecular complexity index is 282. The van der Waals surface area contributed by atoms with Crippen LogP contribution in [0, 0.1) is 6.92 Å². The summed E-state index contributed by atoms with van der Waals surface area (Å²) in [4.78, 5) is 0. The van der Waals surface area contributed by atoms with Crippen LogP contribution in [-0.2, 0) is 0 Å². The van der Waals surface area contributed by atoms with Crippen LogP contribution in [0.1, 0.15) is 50.3 Å². The van der Waals surface area contributed by atoms with E-state index in [0.29, 0.717) is 5.92 Å². The fraction of sp³-hybridized carbons (Fsp3) is 0.429. The van der Waals surface area contributed by atoms with Crippen molar-refractivity contribution in [2.24, 2.45) is 0 Å². The Morgan fingerprint density at radius 3 is 2.21 bits per heavy atom. The lowest BCUT2D eigenvalue weighted by molar-refractivity contribution is 0.856. The fourth-order valence-corrected chi connectivity index (χ4v) is 1.52. The highest BCUT2D eigenvalue weighted by molar-refractivity contribution is 5.54. The summed E-state index contributed by atoms with van der Waals surface area (Å²) < 4.78 is 0. The summed E-state index contributed by atoms with van der Waals surface area (Å²) >= 11 is 0. The second kappa shape index (κ2) is 6.42. The normalized spacial score (nSPS) is 9.29. The van der Waals surface area contributed by atoms with Crippen LogP contribution in [0.2, 0.25) is 0 Å². The van der Waals surface area contributed by atoms with Gasteiger partial charge in [-0.05, 0) is 29.5 Å². The number of benzene rings is 1. The fourth-order valence-electron chi connectivity index (χ4n) is 1.52. The van der Waals surface area contributed by atoms with Gasteiger partial charge in [0.05, 0.1) is 0 Å². The van der Waals surface area contributed by atoms with Gasteiger partial charge in [-0.2, -0.15) is 0 Å². The molecule has 0 aromatic heterocycles. The molecule has 0 fully saturated rings. The lowest BCUT2D eigenvalue weighted by Gasteiger charge is -2.11. The first-order chi connectivity index (χ1) is 6.66. The molecule has 0 atom stereocenters. The quantitative estimate of drug-likeness (QED) is 0.629. The molecule has 0 nitrogen and oxygen atoms in total. The number of hydrogen-bond donors (Lipinski definition) is 0. The molecule has 0 amide bonds. The van der Waals surface area contributed by atoms with Gasteiger partial charge in [0, 0.05) is 0 Å². The first-order valence-electron chi connectivity index (χ1n) is 5.38. The Labute approximate surface area is 88.7 Å². The highest BCUT2D eigenvalue weighted by Gasteiger charge is 2.04. The minimum atomic E-state index is 0.602. The van der Waals surface area contributed by atoms with E-state index in [0.717, 1.165) is 0 Å². The summed E-state index contributed by atoms with van der Waals surface area (Å²) in [5, 5.41) is 0. The van der Waals surface area contributed by atoms with E-state index in [-0.39, 0.29) is 0 Å². The van der Waals surface area contributed by atoms with Gasteiger partial charge < -0.3 is 0 Å². The lowest BCUT2D eigenvalue weighted by Crippen LogP contribution is -1.93. The maximum atomic E-state index is 3.79. The van der Waals surface area contributed by atoms with Gasteiger partial charge in [-0.15, -0.1) is 0 Å². The molecule has 0 radical (unpaired) electrons. The van der Waals surface area contributed by atoms with Crippen LogP contribution < -0.4 is 0 Å². The summed E-state index contributed by atoms with van der Waals surface area (Å²) in [6, 6.07) is 6.39. The van der Waals surface area contributed by atoms with Gasteiger partial charge in [-0.1, -0.05) is 58.5 Å². The SMILES string of the molecule is C=Cc1cccc(C(C)C)c1C.CC. The van der Waals surface area contributed by atoms with Crippen molar-refractivity contribution in [2.45, 2.75) is 40.5 Å². The zero-order valence-corrected chi connectivity index (χ0v) is 10.1. The average Bonchev–Trinajstić information content (AvgIpc) is 2.21. The average molecular weight is 190 g/mol. The molecule has 14 heavy (non-hydrogen) atoms. The van der Waals surface area contributed by atoms with Crippen molar-refractivity contribution in [1.82, 2.24) is 0 Å². The third-order valence-electron chi connectivity index (χ3n) is 2.26. The molecule has 0 heteroatoms. The molecule has 0 heterocycles. The minimum Gasteiger partial charge on any atom is -0.0985 e. The molecule has 78 valence electrons. The topological polar surface area (TPSA) is 0 Å². The van der Waals surface area contributed by atoms with E-state index in [2.05, 4.69) is 45.5 Å². The molecule has 0 N–H and O–H groups in total. The second-order valence-corrected chi connectivity index (χ2v) is 3.42. The van der Waals surface area contributed by atoms with Gasteiger partial charge in [0.25, 0.3) is 0 Å². The first kappa shape index (κ1) is 13.0. The predicted molar refractivity (Wildman–Crippen MR) is 66.7 cm³/mol. The Morgan fingerprint density at radius 2 is 1.79 bits per heavy atom. The summed E-state index contributed by atoms with van der Waals surface area (Å²) in [6.07, 6.45) is 1.92. The second-order valence-electron chi connectivity index (χ2n) is 3.42. The Balaban J connectivity index is 0.000000791. The summed E-state index contributed by atoms with van der Waals surface area (Å²) in [5.41, 5.74) is 4.04. The molecule has 0 bridgehead atoms. The molecule has 0 unspecified atom stereocenters. The van der Waals surface area contributed by atoms with Crippen molar-refractivity contribution >= 4 is 6.08 Å². The van der Waals surface area contributed by atoms with Crippen LogP contribution in [-0.4, -0.2) is 0 Å². The Kier molecular flexibility index (Phi) is 5.94. The van der Waals surface area contributed by atoms with Crippen LogP contribution in [0.5, 0.6) is 0 Å². The van der Waals surface area contributed by atoms with Crippen molar-refractivity contribution in [1.29, 1.82) is 0 Å². The molecular formula is C14H22. The van der Waals surface area contributed by atoms with E-state index in [4.69, 9.17) is 0 Å². The van der Waals surface area contributed by atoms with E-state index in [1.54, 1.807) is 0 Å². The van der Waals surface area contributed by atoms with Gasteiger partial charge in [-0.25, -0.2) is 0 Å². The highest BCUT2D eigenvalue weighted by Crippen LogP contribution is 2.22. The van der Waals surface area contributed by atoms with E-state index in [1.807, 2.05) is 19.9 Å². The lowest BCUT2D eigenvalue weighted by atomic mass is 9.94. The molecule has 1 aromatic carbocycles. The van der Waals surface area contributed by atoms with Crippen molar-refractivity contribution < 1.29 is 0 Å². The van der Waals surface area contributed by atoms with E-state index in [1.165, 1.54) is 16.7 Å². The van der Waals surface area contributed by atoms with Crippen LogP contribution >= 0.6 is 0 Å². The van der Waals surface area contributed by atoms with Crippen molar-refractivity contribution in [3.05, 3.63) is 41.5 Å². The van der Waals surface area contributed by atoms with Gasteiger partial charge in [0.2, 0.25) is 0 Å². The van der Waals surface area contributed by atoms with Crippen molar-refractivity contribution in [3.63, 3.8) is 0 Å². The number of rotatable bonds is 2. The van der Waals surface area contributed by atoms with Gasteiger partial charge in [0.15, 0.2) is 0 Å². The molecule has 0 aliphatic heterocycles. The molecule has 0 saturated heterocycles. The molecule has 0 spiro atoms. The van der Waals surface area contributed by atoms with Crippen LogP contribution in [0.3, 0.4) is 0 Å². The van der Waals surface area contributed by atoms with Crippen LogP contribution in [0.25, 0.3) is 6.08 Å². The van der Waals surface area contributed by atoms with E-state index >= 15 is 0 Å². The van der Waals surface area contributed by atoms with Gasteiger partial charge in [-0.3, -0.25) is 0 Å². The van der Waals surface area contributed by atoms with Gasteiger partial charge in [0.1, 0.15) is 0 Å². The monoisotopic (exact) mass is 190 g/mol. The molecule has 0 aliphatic rings.